The Morgan fingerprint density at radius 2 is 1.24 bits per heavy atom. The largest absolute Gasteiger partial charge is 0.493 e. The van der Waals surface area contributed by atoms with Crippen LogP contribution in [0.15, 0.2) is 52.9 Å². The van der Waals surface area contributed by atoms with Crippen LogP contribution < -0.4 is 28.4 Å². The molecule has 1 aromatic heterocycles. The summed E-state index contributed by atoms with van der Waals surface area (Å²) in [5, 5.41) is 0. The molecule has 192 valence electrons. The number of hydrogen-bond donors (Lipinski definition) is 0. The fourth-order valence-electron chi connectivity index (χ4n) is 3.93. The van der Waals surface area contributed by atoms with Crippen molar-refractivity contribution < 1.29 is 37.6 Å². The molecule has 3 aromatic carbocycles. The van der Waals surface area contributed by atoms with Crippen LogP contribution in [-0.2, 0) is 0 Å². The molecule has 0 unspecified atom stereocenters. The molecule has 0 aliphatic rings. The van der Waals surface area contributed by atoms with Gasteiger partial charge in [-0.15, -0.1) is 0 Å². The van der Waals surface area contributed by atoms with Crippen molar-refractivity contribution in [3.8, 4) is 34.5 Å². The molecule has 1 heterocycles. The third kappa shape index (κ3) is 4.88. The maximum absolute atomic E-state index is 14.0. The summed E-state index contributed by atoms with van der Waals surface area (Å²) >= 11 is 0. The maximum Gasteiger partial charge on any atom is 0.231 e. The highest BCUT2D eigenvalue weighted by molar-refractivity contribution is 6.32. The molecule has 0 amide bonds. The zero-order valence-corrected chi connectivity index (χ0v) is 21.4. The Kier molecular flexibility index (Phi) is 7.52. The van der Waals surface area contributed by atoms with Crippen LogP contribution in [0, 0.1) is 0 Å². The number of para-hydroxylation sites is 2. The standard InChI is InChI=1S/C28H27NO8/c1-31-21-12-16(13-22(32-2)26(21)35-5)11-18(28-29-19-9-7-8-10-20(19)37-28)25(30)17-14-23(33-3)27(36-6)24(15-17)34-4/h7-15H,1-6H3/b18-11+. The Balaban J connectivity index is 1.94. The Morgan fingerprint density at radius 1 is 0.730 bits per heavy atom. The van der Waals surface area contributed by atoms with Crippen LogP contribution in [0.1, 0.15) is 21.8 Å². The van der Waals surface area contributed by atoms with Gasteiger partial charge in [0.05, 0.1) is 48.2 Å². The summed E-state index contributed by atoms with van der Waals surface area (Å²) in [6.45, 7) is 0. The lowest BCUT2D eigenvalue weighted by atomic mass is 9.99. The molecule has 4 aromatic rings. The van der Waals surface area contributed by atoms with Crippen LogP contribution in [0.5, 0.6) is 34.5 Å². The molecular formula is C28H27NO8. The lowest BCUT2D eigenvalue weighted by molar-refractivity contribution is 0.105. The van der Waals surface area contributed by atoms with Gasteiger partial charge in [0.1, 0.15) is 5.52 Å². The Labute approximate surface area is 214 Å². The molecule has 0 saturated carbocycles. The van der Waals surface area contributed by atoms with E-state index in [1.807, 2.05) is 18.2 Å². The third-order valence-corrected chi connectivity index (χ3v) is 5.69. The molecule has 0 radical (unpaired) electrons. The number of benzene rings is 3. The quantitative estimate of drug-likeness (QED) is 0.210. The molecule has 9 nitrogen and oxygen atoms in total. The van der Waals surface area contributed by atoms with E-state index < -0.39 is 0 Å². The Hall–Kier alpha value is -4.66. The Bertz CT molecular complexity index is 1390. The van der Waals surface area contributed by atoms with Gasteiger partial charge in [0.25, 0.3) is 0 Å². The molecule has 0 atom stereocenters. The number of aromatic nitrogens is 1. The second kappa shape index (κ2) is 10.9. The van der Waals surface area contributed by atoms with E-state index in [0.717, 1.165) is 0 Å². The molecule has 0 bridgehead atoms. The van der Waals surface area contributed by atoms with Gasteiger partial charge in [0, 0.05) is 5.56 Å². The number of carbonyl (C=O) groups excluding carboxylic acids is 1. The number of ether oxygens (including phenoxy) is 6. The van der Waals surface area contributed by atoms with Gasteiger partial charge in [0.15, 0.2) is 34.4 Å². The summed E-state index contributed by atoms with van der Waals surface area (Å²) in [5.74, 6) is 2.13. The number of fused-ring (bicyclic) bond motifs is 1. The van der Waals surface area contributed by atoms with E-state index in [-0.39, 0.29) is 22.8 Å². The average molecular weight is 506 g/mol. The molecule has 0 spiro atoms. The molecule has 0 N–H and O–H groups in total. The minimum Gasteiger partial charge on any atom is -0.493 e. The van der Waals surface area contributed by atoms with E-state index in [4.69, 9.17) is 32.8 Å². The van der Waals surface area contributed by atoms with E-state index in [9.17, 15) is 4.79 Å². The highest BCUT2D eigenvalue weighted by atomic mass is 16.5. The molecule has 37 heavy (non-hydrogen) atoms. The summed E-state index contributed by atoms with van der Waals surface area (Å²) in [5.41, 5.74) is 2.25. The maximum atomic E-state index is 14.0. The number of methoxy groups -OCH3 is 6. The molecule has 9 heteroatoms. The van der Waals surface area contributed by atoms with Crippen molar-refractivity contribution in [3.63, 3.8) is 0 Å². The van der Waals surface area contributed by atoms with Crippen molar-refractivity contribution >= 4 is 28.5 Å². The normalized spacial score (nSPS) is 11.2. The number of ketones is 1. The number of allylic oxidation sites excluding steroid dienone is 1. The topological polar surface area (TPSA) is 98.5 Å². The first kappa shape index (κ1) is 25.4. The average Bonchev–Trinajstić information content (AvgIpc) is 3.37. The second-order valence-electron chi connectivity index (χ2n) is 7.75. The van der Waals surface area contributed by atoms with Crippen LogP contribution in [0.4, 0.5) is 0 Å². The van der Waals surface area contributed by atoms with E-state index >= 15 is 0 Å². The first-order chi connectivity index (χ1) is 18.0. The first-order valence-electron chi connectivity index (χ1n) is 11.2. The van der Waals surface area contributed by atoms with Crippen molar-refractivity contribution in [2.75, 3.05) is 42.7 Å². The fourth-order valence-corrected chi connectivity index (χ4v) is 3.93. The van der Waals surface area contributed by atoms with Crippen LogP contribution in [0.3, 0.4) is 0 Å². The molecule has 0 saturated heterocycles. The van der Waals surface area contributed by atoms with Crippen LogP contribution in [0.25, 0.3) is 22.7 Å². The van der Waals surface area contributed by atoms with Gasteiger partial charge >= 0.3 is 0 Å². The predicted molar refractivity (Wildman–Crippen MR) is 138 cm³/mol. The Morgan fingerprint density at radius 3 is 1.73 bits per heavy atom. The minimum atomic E-state index is -0.375. The van der Waals surface area contributed by atoms with E-state index in [1.165, 1.54) is 42.7 Å². The van der Waals surface area contributed by atoms with Gasteiger partial charge in [-0.05, 0) is 48.0 Å². The summed E-state index contributed by atoms with van der Waals surface area (Å²) < 4.78 is 38.7. The molecule has 0 aliphatic carbocycles. The summed E-state index contributed by atoms with van der Waals surface area (Å²) in [4.78, 5) is 18.6. The van der Waals surface area contributed by atoms with E-state index in [2.05, 4.69) is 4.98 Å². The molecule has 0 fully saturated rings. The van der Waals surface area contributed by atoms with Crippen molar-refractivity contribution in [3.05, 3.63) is 65.5 Å². The third-order valence-electron chi connectivity index (χ3n) is 5.69. The molecule has 4 rings (SSSR count). The fraction of sp³-hybridized carbons (Fsp3) is 0.214. The lowest BCUT2D eigenvalue weighted by Gasteiger charge is -2.15. The summed E-state index contributed by atoms with van der Waals surface area (Å²) in [6, 6.07) is 13.9. The zero-order valence-electron chi connectivity index (χ0n) is 21.4. The number of carbonyl (C=O) groups is 1. The second-order valence-corrected chi connectivity index (χ2v) is 7.75. The smallest absolute Gasteiger partial charge is 0.231 e. The van der Waals surface area contributed by atoms with Crippen molar-refractivity contribution in [1.29, 1.82) is 0 Å². The predicted octanol–water partition coefficient (Wildman–Crippen LogP) is 5.30. The van der Waals surface area contributed by atoms with Gasteiger partial charge in [-0.25, -0.2) is 4.98 Å². The van der Waals surface area contributed by atoms with Gasteiger partial charge in [-0.3, -0.25) is 4.79 Å². The highest BCUT2D eigenvalue weighted by Gasteiger charge is 2.24. The lowest BCUT2D eigenvalue weighted by Crippen LogP contribution is -2.06. The van der Waals surface area contributed by atoms with Crippen molar-refractivity contribution in [2.24, 2.45) is 0 Å². The van der Waals surface area contributed by atoms with Gasteiger partial charge in [0.2, 0.25) is 17.4 Å². The summed E-state index contributed by atoms with van der Waals surface area (Å²) in [6.07, 6.45) is 1.65. The number of hydrogen-bond acceptors (Lipinski definition) is 9. The van der Waals surface area contributed by atoms with Gasteiger partial charge in [-0.2, -0.15) is 0 Å². The molecular weight excluding hydrogens is 478 g/mol. The van der Waals surface area contributed by atoms with Gasteiger partial charge in [-0.1, -0.05) is 12.1 Å². The van der Waals surface area contributed by atoms with Crippen LogP contribution >= 0.6 is 0 Å². The zero-order chi connectivity index (χ0) is 26.5. The first-order valence-corrected chi connectivity index (χ1v) is 11.2. The monoisotopic (exact) mass is 505 g/mol. The number of rotatable bonds is 10. The van der Waals surface area contributed by atoms with Crippen molar-refractivity contribution in [1.82, 2.24) is 4.98 Å². The number of oxazole rings is 1. The van der Waals surface area contributed by atoms with Crippen LogP contribution in [0.2, 0.25) is 0 Å². The van der Waals surface area contributed by atoms with E-state index in [1.54, 1.807) is 36.4 Å². The number of Topliss-reactive ketones (excluding diaryl/α,β-unsaturated/α-hetero) is 1. The highest BCUT2D eigenvalue weighted by Crippen LogP contribution is 2.41. The summed E-state index contributed by atoms with van der Waals surface area (Å²) in [7, 11) is 9.03. The van der Waals surface area contributed by atoms with Crippen LogP contribution in [-0.4, -0.2) is 53.4 Å². The van der Waals surface area contributed by atoms with E-state index in [0.29, 0.717) is 51.2 Å². The SMILES string of the molecule is COc1cc(/C=C(\C(=O)c2cc(OC)c(OC)c(OC)c2)c2nc3ccccc3o2)cc(OC)c1OC. The number of nitrogens with zero attached hydrogens (tertiary/aromatic N) is 1. The molecule has 0 aliphatic heterocycles. The van der Waals surface area contributed by atoms with Gasteiger partial charge < -0.3 is 32.8 Å². The van der Waals surface area contributed by atoms with Crippen molar-refractivity contribution in [2.45, 2.75) is 0 Å². The minimum absolute atomic E-state index is 0.147.